The molecule has 7 nitrogen and oxygen atoms in total. The summed E-state index contributed by atoms with van der Waals surface area (Å²) in [5, 5.41) is 5.58. The van der Waals surface area contributed by atoms with Gasteiger partial charge in [0, 0.05) is 5.56 Å². The number of H-pyrrole nitrogens is 4. The lowest BCUT2D eigenvalue weighted by Gasteiger charge is -2.10. The van der Waals surface area contributed by atoms with Crippen molar-refractivity contribution in [2.24, 2.45) is 0 Å². The predicted octanol–water partition coefficient (Wildman–Crippen LogP) is 1.28. The normalized spacial score (nSPS) is 11.1. The maximum Gasteiger partial charge on any atom is 0.314 e. The van der Waals surface area contributed by atoms with Gasteiger partial charge in [-0.05, 0) is 43.3 Å². The van der Waals surface area contributed by atoms with Gasteiger partial charge in [-0.25, -0.2) is 0 Å². The van der Waals surface area contributed by atoms with Crippen molar-refractivity contribution in [2.75, 3.05) is 0 Å². The molecule has 0 atom stereocenters. The Bertz CT molecular complexity index is 991. The lowest BCUT2D eigenvalue weighted by molar-refractivity contribution is 1.08. The molecule has 3 aromatic rings. The van der Waals surface area contributed by atoms with Crippen molar-refractivity contribution >= 4 is 23.3 Å². The molecule has 2 aromatic heterocycles. The van der Waals surface area contributed by atoms with Gasteiger partial charge in [-0.15, -0.1) is 0 Å². The average Bonchev–Trinajstić information content (AvgIpc) is 2.80. The van der Waals surface area contributed by atoms with Crippen LogP contribution in [0.1, 0.15) is 11.1 Å². The summed E-state index contributed by atoms with van der Waals surface area (Å²) in [6.07, 6.45) is 0. The van der Waals surface area contributed by atoms with E-state index in [1.807, 2.05) is 19.9 Å². The Kier molecular flexibility index (Phi) is 2.68. The van der Waals surface area contributed by atoms with Crippen LogP contribution in [0.5, 0.6) is 0 Å². The van der Waals surface area contributed by atoms with Crippen molar-refractivity contribution in [1.29, 1.82) is 0 Å². The van der Waals surface area contributed by atoms with Crippen LogP contribution in [0.4, 0.5) is 0 Å². The van der Waals surface area contributed by atoms with Crippen LogP contribution in [0.25, 0.3) is 22.4 Å². The average molecular weight is 289 g/mol. The molecule has 0 aliphatic carbocycles. The molecule has 20 heavy (non-hydrogen) atoms. The van der Waals surface area contributed by atoms with Crippen molar-refractivity contribution in [3.63, 3.8) is 0 Å². The number of aryl methyl sites for hydroxylation is 1. The molecule has 3 rings (SSSR count). The monoisotopic (exact) mass is 289 g/mol. The van der Waals surface area contributed by atoms with Crippen molar-refractivity contribution in [3.8, 4) is 11.4 Å². The van der Waals surface area contributed by atoms with Crippen LogP contribution in [0, 0.1) is 18.6 Å². The summed E-state index contributed by atoms with van der Waals surface area (Å²) in [4.78, 5) is 32.3. The first-order chi connectivity index (χ1) is 9.47. The smallest absolute Gasteiger partial charge is 0.314 e. The topological polar surface area (TPSA) is 110 Å². The second kappa shape index (κ2) is 4.27. The van der Waals surface area contributed by atoms with Gasteiger partial charge < -0.3 is 9.97 Å². The summed E-state index contributed by atoms with van der Waals surface area (Å²) in [6.45, 7) is 3.84. The van der Waals surface area contributed by atoms with Gasteiger partial charge in [0.1, 0.15) is 0 Å². The molecular weight excluding hydrogens is 278 g/mol. The quantitative estimate of drug-likeness (QED) is 0.399. The Morgan fingerprint density at radius 2 is 1.80 bits per heavy atom. The Balaban J connectivity index is 2.54. The molecule has 0 saturated carbocycles. The Morgan fingerprint density at radius 3 is 2.45 bits per heavy atom. The summed E-state index contributed by atoms with van der Waals surface area (Å²) >= 11 is 4.95. The number of aromatic amines is 4. The molecule has 0 fully saturated rings. The molecule has 0 bridgehead atoms. The molecule has 0 spiro atoms. The highest BCUT2D eigenvalue weighted by molar-refractivity contribution is 7.71. The molecular formula is C12H11N5O2S. The van der Waals surface area contributed by atoms with Gasteiger partial charge in [0.15, 0.2) is 5.82 Å². The lowest BCUT2D eigenvalue weighted by atomic mass is 10.0. The fourth-order valence-corrected chi connectivity index (χ4v) is 2.32. The number of benzene rings is 1. The highest BCUT2D eigenvalue weighted by Crippen LogP contribution is 2.28. The molecule has 8 heteroatoms. The zero-order chi connectivity index (χ0) is 14.4. The summed E-state index contributed by atoms with van der Waals surface area (Å²) in [5.74, 6) is 0.517. The molecule has 0 saturated heterocycles. The number of hydrogen-bond acceptors (Lipinski definition) is 4. The van der Waals surface area contributed by atoms with Crippen LogP contribution >= 0.6 is 12.2 Å². The molecule has 0 amide bonds. The van der Waals surface area contributed by atoms with E-state index in [9.17, 15) is 9.59 Å². The van der Waals surface area contributed by atoms with E-state index < -0.39 is 11.1 Å². The Morgan fingerprint density at radius 1 is 1.10 bits per heavy atom. The fraction of sp³-hybridized carbons (Fsp3) is 0.167. The summed E-state index contributed by atoms with van der Waals surface area (Å²) < 4.78 is 0.320. The number of nitrogens with one attached hydrogen (secondary N) is 4. The van der Waals surface area contributed by atoms with E-state index in [1.54, 1.807) is 0 Å². The van der Waals surface area contributed by atoms with E-state index in [-0.39, 0.29) is 0 Å². The fourth-order valence-electron chi connectivity index (χ4n) is 2.18. The van der Waals surface area contributed by atoms with E-state index in [1.165, 1.54) is 0 Å². The van der Waals surface area contributed by atoms with Gasteiger partial charge in [0.25, 0.3) is 0 Å². The third kappa shape index (κ3) is 1.81. The number of aromatic nitrogens is 5. The lowest BCUT2D eigenvalue weighted by Crippen LogP contribution is -2.29. The van der Waals surface area contributed by atoms with Crippen LogP contribution in [-0.4, -0.2) is 25.1 Å². The first-order valence-corrected chi connectivity index (χ1v) is 6.30. The third-order valence-corrected chi connectivity index (χ3v) is 3.47. The van der Waals surface area contributed by atoms with Crippen LogP contribution < -0.4 is 11.1 Å². The molecule has 102 valence electrons. The summed E-state index contributed by atoms with van der Waals surface area (Å²) in [7, 11) is 0. The van der Waals surface area contributed by atoms with Crippen molar-refractivity contribution in [1.82, 2.24) is 25.1 Å². The van der Waals surface area contributed by atoms with E-state index >= 15 is 0 Å². The van der Waals surface area contributed by atoms with Crippen molar-refractivity contribution in [2.45, 2.75) is 13.8 Å². The number of rotatable bonds is 1. The highest BCUT2D eigenvalue weighted by Gasteiger charge is 2.14. The van der Waals surface area contributed by atoms with Gasteiger partial charge in [-0.3, -0.25) is 19.8 Å². The minimum absolute atomic E-state index is 0.320. The van der Waals surface area contributed by atoms with E-state index in [2.05, 4.69) is 25.1 Å². The van der Waals surface area contributed by atoms with Gasteiger partial charge in [0.05, 0.1) is 11.0 Å². The largest absolute Gasteiger partial charge is 0.316 e. The van der Waals surface area contributed by atoms with Crippen LogP contribution in [0.2, 0.25) is 0 Å². The van der Waals surface area contributed by atoms with Crippen LogP contribution in [-0.2, 0) is 0 Å². The van der Waals surface area contributed by atoms with E-state index in [4.69, 9.17) is 12.2 Å². The Hall–Kier alpha value is -2.48. The SMILES string of the molecule is Cc1cc2[nH]c(=O)c(=O)[nH]c2c(-c2nc(=S)[nH][nH]2)c1C. The second-order valence-electron chi connectivity index (χ2n) is 4.54. The zero-order valence-electron chi connectivity index (χ0n) is 10.7. The molecule has 0 aliphatic heterocycles. The molecule has 0 radical (unpaired) electrons. The number of nitrogens with zero attached hydrogens (tertiary/aromatic N) is 1. The first kappa shape index (κ1) is 12.5. The van der Waals surface area contributed by atoms with E-state index in [0.29, 0.717) is 27.2 Å². The van der Waals surface area contributed by atoms with Gasteiger partial charge in [-0.2, -0.15) is 4.98 Å². The van der Waals surface area contributed by atoms with Crippen LogP contribution in [0.3, 0.4) is 0 Å². The van der Waals surface area contributed by atoms with Gasteiger partial charge >= 0.3 is 11.1 Å². The summed E-state index contributed by atoms with van der Waals surface area (Å²) in [6, 6.07) is 1.81. The molecule has 0 aliphatic rings. The summed E-state index contributed by atoms with van der Waals surface area (Å²) in [5.41, 5.74) is 2.32. The highest BCUT2D eigenvalue weighted by atomic mass is 32.1. The number of fused-ring (bicyclic) bond motifs is 1. The predicted molar refractivity (Wildman–Crippen MR) is 77.4 cm³/mol. The number of hydrogen-bond donors (Lipinski definition) is 4. The van der Waals surface area contributed by atoms with Crippen molar-refractivity contribution in [3.05, 3.63) is 42.7 Å². The zero-order valence-corrected chi connectivity index (χ0v) is 11.6. The minimum Gasteiger partial charge on any atom is -0.316 e. The van der Waals surface area contributed by atoms with Gasteiger partial charge in [0.2, 0.25) is 4.77 Å². The van der Waals surface area contributed by atoms with Crippen LogP contribution in [0.15, 0.2) is 15.7 Å². The maximum absolute atomic E-state index is 11.6. The molecule has 4 N–H and O–H groups in total. The standard InChI is InChI=1S/C12H11N5O2S/c1-4-3-6-8(14-11(19)10(18)13-6)7(5(4)2)9-15-12(20)17-16-9/h3H,1-2H3,(H,13,18)(H,14,19)(H2,15,16,17,20). The Labute approximate surface area is 117 Å². The second-order valence-corrected chi connectivity index (χ2v) is 4.93. The first-order valence-electron chi connectivity index (χ1n) is 5.89. The molecule has 2 heterocycles. The van der Waals surface area contributed by atoms with Crippen molar-refractivity contribution < 1.29 is 0 Å². The molecule has 0 unspecified atom stereocenters. The van der Waals surface area contributed by atoms with E-state index in [0.717, 1.165) is 11.1 Å². The van der Waals surface area contributed by atoms with Gasteiger partial charge in [-0.1, -0.05) is 0 Å². The maximum atomic E-state index is 11.6. The molecule has 1 aromatic carbocycles. The minimum atomic E-state index is -0.698. The third-order valence-electron chi connectivity index (χ3n) is 3.28.